The number of esters is 1. The largest absolute Gasteiger partial charge is 0.496 e. The van der Waals surface area contributed by atoms with Gasteiger partial charge in [-0.1, -0.05) is 60.7 Å². The van der Waals surface area contributed by atoms with Gasteiger partial charge in [0.2, 0.25) is 5.91 Å². The first kappa shape index (κ1) is 20.1. The van der Waals surface area contributed by atoms with Crippen LogP contribution in [0.25, 0.3) is 11.1 Å². The summed E-state index contributed by atoms with van der Waals surface area (Å²) in [6, 6.07) is 23.2. The third-order valence-corrected chi connectivity index (χ3v) is 4.58. The van der Waals surface area contributed by atoms with E-state index in [0.717, 1.165) is 22.3 Å². The summed E-state index contributed by atoms with van der Waals surface area (Å²) in [5.74, 6) is -0.133. The van der Waals surface area contributed by atoms with E-state index in [2.05, 4.69) is 17.4 Å². The zero-order valence-corrected chi connectivity index (χ0v) is 16.5. The average molecular weight is 389 g/mol. The van der Waals surface area contributed by atoms with Gasteiger partial charge in [0.25, 0.3) is 0 Å². The number of methoxy groups -OCH3 is 2. The maximum Gasteiger partial charge on any atom is 0.341 e. The highest BCUT2D eigenvalue weighted by atomic mass is 16.5. The number of rotatable bonds is 7. The quantitative estimate of drug-likeness (QED) is 0.620. The average Bonchev–Trinajstić information content (AvgIpc) is 2.78. The van der Waals surface area contributed by atoms with Crippen LogP contribution in [0.1, 0.15) is 21.5 Å². The molecule has 0 unspecified atom stereocenters. The van der Waals surface area contributed by atoms with Crippen molar-refractivity contribution >= 4 is 11.9 Å². The Balaban J connectivity index is 1.59. The molecule has 29 heavy (non-hydrogen) atoms. The summed E-state index contributed by atoms with van der Waals surface area (Å²) in [6.07, 6.45) is 0.287. The standard InChI is InChI=1S/C24H23NO4/c1-28-22-13-10-18(14-21(22)24(27)29-2)16-25-23(26)15-17-8-11-20(12-9-17)19-6-4-3-5-7-19/h3-14H,15-16H2,1-2H3,(H,25,26). The normalized spacial score (nSPS) is 10.3. The topological polar surface area (TPSA) is 64.6 Å². The maximum absolute atomic E-state index is 12.3. The Morgan fingerprint density at radius 3 is 2.14 bits per heavy atom. The first-order chi connectivity index (χ1) is 14.1. The van der Waals surface area contributed by atoms with Crippen molar-refractivity contribution in [3.8, 4) is 16.9 Å². The molecule has 0 aromatic heterocycles. The zero-order chi connectivity index (χ0) is 20.6. The van der Waals surface area contributed by atoms with Crippen LogP contribution in [0, 0.1) is 0 Å². The van der Waals surface area contributed by atoms with E-state index in [-0.39, 0.29) is 12.3 Å². The fraction of sp³-hybridized carbons (Fsp3) is 0.167. The molecule has 0 saturated heterocycles. The Hall–Kier alpha value is -3.60. The monoisotopic (exact) mass is 389 g/mol. The smallest absolute Gasteiger partial charge is 0.341 e. The Morgan fingerprint density at radius 1 is 0.828 bits per heavy atom. The molecule has 0 radical (unpaired) electrons. The molecule has 0 bridgehead atoms. The van der Waals surface area contributed by atoms with Crippen LogP contribution >= 0.6 is 0 Å². The number of hydrogen-bond donors (Lipinski definition) is 1. The SMILES string of the molecule is COC(=O)c1cc(CNC(=O)Cc2ccc(-c3ccccc3)cc2)ccc1OC. The third kappa shape index (κ3) is 5.23. The molecule has 148 valence electrons. The molecule has 0 atom stereocenters. The van der Waals surface area contributed by atoms with Crippen molar-refractivity contribution in [2.24, 2.45) is 0 Å². The van der Waals surface area contributed by atoms with Crippen molar-refractivity contribution < 1.29 is 19.1 Å². The molecule has 0 heterocycles. The first-order valence-corrected chi connectivity index (χ1v) is 9.27. The molecule has 5 nitrogen and oxygen atoms in total. The van der Waals surface area contributed by atoms with Crippen molar-refractivity contribution in [3.63, 3.8) is 0 Å². The van der Waals surface area contributed by atoms with E-state index >= 15 is 0 Å². The van der Waals surface area contributed by atoms with Gasteiger partial charge in [0, 0.05) is 6.54 Å². The lowest BCUT2D eigenvalue weighted by Gasteiger charge is -2.10. The van der Waals surface area contributed by atoms with Gasteiger partial charge in [-0.2, -0.15) is 0 Å². The minimum Gasteiger partial charge on any atom is -0.496 e. The van der Waals surface area contributed by atoms with Crippen LogP contribution in [0.3, 0.4) is 0 Å². The maximum atomic E-state index is 12.3. The highest BCUT2D eigenvalue weighted by Gasteiger charge is 2.14. The van der Waals surface area contributed by atoms with Crippen LogP contribution in [0.2, 0.25) is 0 Å². The molecular formula is C24H23NO4. The lowest BCUT2D eigenvalue weighted by Crippen LogP contribution is -2.24. The van der Waals surface area contributed by atoms with Crippen LogP contribution in [-0.4, -0.2) is 26.1 Å². The second-order valence-electron chi connectivity index (χ2n) is 6.54. The van der Waals surface area contributed by atoms with Crippen molar-refractivity contribution in [2.45, 2.75) is 13.0 Å². The van der Waals surface area contributed by atoms with Crippen molar-refractivity contribution in [1.82, 2.24) is 5.32 Å². The minimum absolute atomic E-state index is 0.0899. The summed E-state index contributed by atoms with van der Waals surface area (Å²) in [5.41, 5.74) is 4.32. The van der Waals surface area contributed by atoms with Gasteiger partial charge in [-0.25, -0.2) is 4.79 Å². The van der Waals surface area contributed by atoms with Gasteiger partial charge in [-0.3, -0.25) is 4.79 Å². The van der Waals surface area contributed by atoms with Crippen molar-refractivity contribution in [1.29, 1.82) is 0 Å². The zero-order valence-electron chi connectivity index (χ0n) is 16.5. The summed E-state index contributed by atoms with van der Waals surface area (Å²) in [5, 5.41) is 2.88. The van der Waals surface area contributed by atoms with Crippen LogP contribution in [0.4, 0.5) is 0 Å². The molecule has 3 aromatic rings. The van der Waals surface area contributed by atoms with E-state index in [0.29, 0.717) is 17.9 Å². The lowest BCUT2D eigenvalue weighted by atomic mass is 10.0. The Labute approximate surface area is 170 Å². The highest BCUT2D eigenvalue weighted by Crippen LogP contribution is 2.21. The number of carbonyl (C=O) groups excluding carboxylic acids is 2. The van der Waals surface area contributed by atoms with E-state index in [9.17, 15) is 9.59 Å². The van der Waals surface area contributed by atoms with Gasteiger partial charge in [0.15, 0.2) is 0 Å². The third-order valence-electron chi connectivity index (χ3n) is 4.58. The summed E-state index contributed by atoms with van der Waals surface area (Å²) in [7, 11) is 2.81. The van der Waals surface area contributed by atoms with Crippen LogP contribution < -0.4 is 10.1 Å². The lowest BCUT2D eigenvalue weighted by molar-refractivity contribution is -0.120. The first-order valence-electron chi connectivity index (χ1n) is 9.27. The molecule has 0 fully saturated rings. The molecule has 1 amide bonds. The molecule has 0 saturated carbocycles. The number of hydrogen-bond acceptors (Lipinski definition) is 4. The van der Waals surface area contributed by atoms with Crippen molar-refractivity contribution in [2.75, 3.05) is 14.2 Å². The number of benzene rings is 3. The van der Waals surface area contributed by atoms with Gasteiger partial charge in [0.05, 0.1) is 20.6 Å². The summed E-state index contributed by atoms with van der Waals surface area (Å²) in [6.45, 7) is 0.314. The second-order valence-corrected chi connectivity index (χ2v) is 6.54. The molecule has 1 N–H and O–H groups in total. The van der Waals surface area contributed by atoms with Crippen LogP contribution in [0.5, 0.6) is 5.75 Å². The van der Waals surface area contributed by atoms with Crippen molar-refractivity contribution in [3.05, 3.63) is 89.5 Å². The molecular weight excluding hydrogens is 366 g/mol. The molecule has 0 aliphatic rings. The van der Waals surface area contributed by atoms with E-state index in [1.807, 2.05) is 42.5 Å². The van der Waals surface area contributed by atoms with Gasteiger partial charge < -0.3 is 14.8 Å². The van der Waals surface area contributed by atoms with E-state index in [1.54, 1.807) is 18.2 Å². The highest BCUT2D eigenvalue weighted by molar-refractivity contribution is 5.92. The van der Waals surface area contributed by atoms with Gasteiger partial charge in [-0.15, -0.1) is 0 Å². The molecule has 5 heteroatoms. The van der Waals surface area contributed by atoms with E-state index in [1.165, 1.54) is 14.2 Å². The molecule has 0 aliphatic carbocycles. The van der Waals surface area contributed by atoms with Crippen LogP contribution in [-0.2, 0) is 22.5 Å². The molecule has 0 spiro atoms. The van der Waals surface area contributed by atoms with E-state index < -0.39 is 5.97 Å². The van der Waals surface area contributed by atoms with Gasteiger partial charge in [-0.05, 0) is 34.4 Å². The number of ether oxygens (including phenoxy) is 2. The number of carbonyl (C=O) groups is 2. The fourth-order valence-corrected chi connectivity index (χ4v) is 3.03. The minimum atomic E-state index is -0.478. The van der Waals surface area contributed by atoms with E-state index in [4.69, 9.17) is 9.47 Å². The summed E-state index contributed by atoms with van der Waals surface area (Å²) in [4.78, 5) is 24.2. The molecule has 3 rings (SSSR count). The van der Waals surface area contributed by atoms with Gasteiger partial charge in [0.1, 0.15) is 11.3 Å². The predicted octanol–water partition coefficient (Wildman–Crippen LogP) is 4.01. The van der Waals surface area contributed by atoms with Gasteiger partial charge >= 0.3 is 5.97 Å². The summed E-state index contributed by atoms with van der Waals surface area (Å²) < 4.78 is 9.95. The number of amides is 1. The Morgan fingerprint density at radius 2 is 1.48 bits per heavy atom. The van der Waals surface area contributed by atoms with Crippen LogP contribution in [0.15, 0.2) is 72.8 Å². The molecule has 3 aromatic carbocycles. The second kappa shape index (κ2) is 9.55. The number of nitrogens with one attached hydrogen (secondary N) is 1. The Kier molecular flexibility index (Phi) is 6.63. The predicted molar refractivity (Wildman–Crippen MR) is 112 cm³/mol. The fourth-order valence-electron chi connectivity index (χ4n) is 3.03. The Bertz CT molecular complexity index is 982. The summed E-state index contributed by atoms with van der Waals surface area (Å²) >= 11 is 0. The molecule has 0 aliphatic heterocycles.